The lowest BCUT2D eigenvalue weighted by Crippen LogP contribution is -2.00. The fourth-order valence-corrected chi connectivity index (χ4v) is 11.1. The lowest BCUT2D eigenvalue weighted by molar-refractivity contribution is 1.07. The van der Waals surface area contributed by atoms with E-state index in [0.717, 1.165) is 66.9 Å². The molecule has 4 aromatic heterocycles. The predicted octanol–water partition coefficient (Wildman–Crippen LogP) is 16.5. The van der Waals surface area contributed by atoms with Gasteiger partial charge in [0, 0.05) is 32.2 Å². The molecule has 6 heteroatoms. The Balaban J connectivity index is 0.933. The number of rotatable bonds is 6. The van der Waals surface area contributed by atoms with Crippen molar-refractivity contribution < 1.29 is 0 Å². The number of nitrogens with zero attached hydrogens (tertiary/aromatic N) is 5. The summed E-state index contributed by atoms with van der Waals surface area (Å²) in [5.41, 5.74) is 12.5. The summed E-state index contributed by atoms with van der Waals surface area (Å²) in [7, 11) is 0. The van der Waals surface area contributed by atoms with Gasteiger partial charge in [0.05, 0.1) is 21.4 Å². The second-order valence-corrected chi connectivity index (χ2v) is 18.6. The van der Waals surface area contributed by atoms with Crippen LogP contribution in [0.4, 0.5) is 0 Å². The largest absolute Gasteiger partial charge is 0.291 e. The zero-order valence-corrected chi connectivity index (χ0v) is 37.3. The quantitative estimate of drug-likeness (QED) is 0.156. The maximum atomic E-state index is 5.46. The average Bonchev–Trinajstić information content (AvgIpc) is 3.96. The van der Waals surface area contributed by atoms with E-state index in [2.05, 4.69) is 217 Å². The minimum atomic E-state index is 0.610. The van der Waals surface area contributed by atoms with Crippen molar-refractivity contribution in [3.8, 4) is 67.7 Å². The highest BCUT2D eigenvalue weighted by atomic mass is 32.1. The molecule has 10 aromatic carbocycles. The van der Waals surface area contributed by atoms with Crippen LogP contribution in [-0.2, 0) is 0 Å². The van der Waals surface area contributed by atoms with Gasteiger partial charge in [-0.2, -0.15) is 0 Å². The van der Waals surface area contributed by atoms with Gasteiger partial charge in [-0.1, -0.05) is 182 Å². The maximum absolute atomic E-state index is 5.46. The minimum absolute atomic E-state index is 0.610. The van der Waals surface area contributed by atoms with Gasteiger partial charge in [0.2, 0.25) is 0 Å². The van der Waals surface area contributed by atoms with Crippen molar-refractivity contribution in [3.63, 3.8) is 0 Å². The molecule has 0 saturated carbocycles. The van der Waals surface area contributed by atoms with Crippen LogP contribution in [0, 0.1) is 0 Å². The van der Waals surface area contributed by atoms with Crippen LogP contribution in [0.5, 0.6) is 0 Å². The summed E-state index contributed by atoms with van der Waals surface area (Å²) < 4.78 is 4.80. The lowest BCUT2D eigenvalue weighted by atomic mass is 10.0. The molecule has 0 aliphatic heterocycles. The Bertz CT molecular complexity index is 4160. The molecule has 5 nitrogen and oxygen atoms in total. The van der Waals surface area contributed by atoms with E-state index in [4.69, 9.17) is 19.9 Å². The van der Waals surface area contributed by atoms with Crippen molar-refractivity contribution in [2.24, 2.45) is 0 Å². The van der Waals surface area contributed by atoms with E-state index in [9.17, 15) is 0 Å². The smallest absolute Gasteiger partial charge is 0.164 e. The first-order chi connectivity index (χ1) is 33.6. The van der Waals surface area contributed by atoms with E-state index < -0.39 is 0 Å². The summed E-state index contributed by atoms with van der Waals surface area (Å²) >= 11 is 1.82. The van der Waals surface area contributed by atoms with E-state index in [1.54, 1.807) is 0 Å². The van der Waals surface area contributed by atoms with Crippen LogP contribution < -0.4 is 0 Å². The topological polar surface area (TPSA) is 56.0 Å². The number of pyridine rings is 1. The highest BCUT2D eigenvalue weighted by molar-refractivity contribution is 7.26. The van der Waals surface area contributed by atoms with Gasteiger partial charge in [0.15, 0.2) is 23.1 Å². The summed E-state index contributed by atoms with van der Waals surface area (Å²) in [6.45, 7) is 0. The van der Waals surface area contributed by atoms with Gasteiger partial charge in [-0.15, -0.1) is 11.3 Å². The second kappa shape index (κ2) is 15.4. The summed E-state index contributed by atoms with van der Waals surface area (Å²) in [4.78, 5) is 20.9. The van der Waals surface area contributed by atoms with Gasteiger partial charge in [-0.3, -0.25) is 4.40 Å². The molecule has 68 heavy (non-hydrogen) atoms. The van der Waals surface area contributed by atoms with Crippen molar-refractivity contribution in [3.05, 3.63) is 224 Å². The van der Waals surface area contributed by atoms with E-state index in [-0.39, 0.29) is 0 Å². The Labute approximate surface area is 395 Å². The van der Waals surface area contributed by atoms with Crippen molar-refractivity contribution in [1.82, 2.24) is 24.3 Å². The third-order valence-electron chi connectivity index (χ3n) is 13.4. The molecule has 0 atom stereocenters. The maximum Gasteiger partial charge on any atom is 0.164 e. The molecule has 0 amide bonds. The zero-order chi connectivity index (χ0) is 44.7. The molecule has 0 aliphatic rings. The molecule has 14 rings (SSSR count). The molecular formula is C62H37N5S. The minimum Gasteiger partial charge on any atom is -0.291 e. The molecule has 316 valence electrons. The van der Waals surface area contributed by atoms with E-state index in [1.807, 2.05) is 23.5 Å². The SMILES string of the molecule is c1ccc(-c2ccc(-c3nc(-c4ccc(-c5ccccc5)cc4)nc(-c4ccc(-c5cc6c7cc8ccccc8cc7sc6c6nc7cc8cc9ccccc9cc8cc7n56)cc4)n3)cc2)cc1. The molecule has 0 fully saturated rings. The van der Waals surface area contributed by atoms with Gasteiger partial charge < -0.3 is 0 Å². The number of fused-ring (bicyclic) bond motifs is 10. The third-order valence-corrected chi connectivity index (χ3v) is 14.5. The molecule has 0 bridgehead atoms. The summed E-state index contributed by atoms with van der Waals surface area (Å²) in [6.07, 6.45) is 0. The molecule has 14 aromatic rings. The van der Waals surface area contributed by atoms with Crippen molar-refractivity contribution in [2.75, 3.05) is 0 Å². The lowest BCUT2D eigenvalue weighted by Gasteiger charge is -2.12. The fourth-order valence-electron chi connectivity index (χ4n) is 9.87. The summed E-state index contributed by atoms with van der Waals surface area (Å²) in [6, 6.07) is 79.9. The summed E-state index contributed by atoms with van der Waals surface area (Å²) in [5.74, 6) is 1.85. The second-order valence-electron chi connectivity index (χ2n) is 17.5. The monoisotopic (exact) mass is 883 g/mol. The number of thiophene rings is 1. The number of hydrogen-bond donors (Lipinski definition) is 0. The Kier molecular flexibility index (Phi) is 8.69. The normalized spacial score (nSPS) is 11.8. The predicted molar refractivity (Wildman–Crippen MR) is 284 cm³/mol. The molecule has 0 radical (unpaired) electrons. The summed E-state index contributed by atoms with van der Waals surface area (Å²) in [5, 5.41) is 9.73. The van der Waals surface area contributed by atoms with Crippen LogP contribution in [-0.4, -0.2) is 24.3 Å². The number of benzene rings is 10. The number of hydrogen-bond acceptors (Lipinski definition) is 5. The third kappa shape index (κ3) is 6.45. The first-order valence-electron chi connectivity index (χ1n) is 22.8. The van der Waals surface area contributed by atoms with Crippen LogP contribution in [0.25, 0.3) is 137 Å². The molecule has 0 unspecified atom stereocenters. The van der Waals surface area contributed by atoms with Crippen LogP contribution in [0.1, 0.15) is 0 Å². The highest BCUT2D eigenvalue weighted by Crippen LogP contribution is 2.43. The molecule has 0 N–H and O–H groups in total. The molecule has 0 saturated heterocycles. The molecule has 0 aliphatic carbocycles. The fraction of sp³-hybridized carbons (Fsp3) is 0. The van der Waals surface area contributed by atoms with E-state index in [1.165, 1.54) is 52.5 Å². The first-order valence-corrected chi connectivity index (χ1v) is 23.7. The van der Waals surface area contributed by atoms with Crippen LogP contribution >= 0.6 is 11.3 Å². The molecular weight excluding hydrogens is 847 g/mol. The molecule has 0 spiro atoms. The van der Waals surface area contributed by atoms with Crippen LogP contribution in [0.2, 0.25) is 0 Å². The Morgan fingerprint density at radius 2 is 0.735 bits per heavy atom. The highest BCUT2D eigenvalue weighted by Gasteiger charge is 2.20. The Hall–Kier alpha value is -8.84. The number of imidazole rings is 1. The standard InChI is InChI=1S/C62H37N5S/c1-3-11-38(12-4-1)40-19-25-43(26-20-40)59-64-60(44-27-21-41(22-28-44)39-13-5-2-6-14-39)66-61(65-59)45-29-23-42(24-30-45)55-37-53-52-33-48-17-9-10-18-49(48)36-57(52)68-58(53)62-63-54-34-50-31-46-15-7-8-16-47(46)32-51(50)35-56(54)67(55)62/h1-37H. The first kappa shape index (κ1) is 38.4. The van der Waals surface area contributed by atoms with Gasteiger partial charge in [-0.25, -0.2) is 19.9 Å². The van der Waals surface area contributed by atoms with Gasteiger partial charge in [0.25, 0.3) is 0 Å². The molecule has 4 heterocycles. The van der Waals surface area contributed by atoms with Gasteiger partial charge in [0.1, 0.15) is 0 Å². The van der Waals surface area contributed by atoms with Crippen molar-refractivity contribution >= 4 is 80.5 Å². The van der Waals surface area contributed by atoms with E-state index >= 15 is 0 Å². The number of aromatic nitrogens is 5. The van der Waals surface area contributed by atoms with Gasteiger partial charge >= 0.3 is 0 Å². The van der Waals surface area contributed by atoms with Crippen molar-refractivity contribution in [1.29, 1.82) is 0 Å². The van der Waals surface area contributed by atoms with Crippen molar-refractivity contribution in [2.45, 2.75) is 0 Å². The Morgan fingerprint density at radius 3 is 1.26 bits per heavy atom. The van der Waals surface area contributed by atoms with Crippen LogP contribution in [0.15, 0.2) is 224 Å². The van der Waals surface area contributed by atoms with Gasteiger partial charge in [-0.05, 0) is 103 Å². The van der Waals surface area contributed by atoms with E-state index in [0.29, 0.717) is 17.5 Å². The Morgan fingerprint density at radius 1 is 0.309 bits per heavy atom. The average molecular weight is 884 g/mol. The zero-order valence-electron chi connectivity index (χ0n) is 36.5. The van der Waals surface area contributed by atoms with Crippen LogP contribution in [0.3, 0.4) is 0 Å².